The number of nitrogens with zero attached hydrogens (tertiary/aromatic N) is 1. The van der Waals surface area contributed by atoms with Gasteiger partial charge in [-0.3, -0.25) is 10.1 Å². The molecule has 25 heavy (non-hydrogen) atoms. The van der Waals surface area contributed by atoms with Crippen molar-refractivity contribution in [3.63, 3.8) is 0 Å². The number of allylic oxidation sites excluding steroid dienone is 1. The molecule has 3 aliphatic carbocycles. The molecule has 3 aromatic carbocycles. The summed E-state index contributed by atoms with van der Waals surface area (Å²) in [5.74, 6) is 0.189. The summed E-state index contributed by atoms with van der Waals surface area (Å²) < 4.78 is 0. The lowest BCUT2D eigenvalue weighted by Gasteiger charge is -2.49. The molecule has 0 aromatic heterocycles. The highest BCUT2D eigenvalue weighted by Gasteiger charge is 2.50. The van der Waals surface area contributed by atoms with Gasteiger partial charge in [0.05, 0.1) is 10.3 Å². The second-order valence-electron chi connectivity index (χ2n) is 6.60. The summed E-state index contributed by atoms with van der Waals surface area (Å²) in [5, 5.41) is 11.2. The molecule has 3 nitrogen and oxygen atoms in total. The van der Waals surface area contributed by atoms with Crippen molar-refractivity contribution in [1.82, 2.24) is 0 Å². The van der Waals surface area contributed by atoms with Gasteiger partial charge in [0.25, 0.3) is 0 Å². The van der Waals surface area contributed by atoms with Gasteiger partial charge in [0.15, 0.2) is 0 Å². The molecule has 3 aliphatic rings. The van der Waals surface area contributed by atoms with Crippen LogP contribution in [-0.4, -0.2) is 4.92 Å². The van der Waals surface area contributed by atoms with E-state index in [9.17, 15) is 10.1 Å². The van der Waals surface area contributed by atoms with Crippen LogP contribution in [-0.2, 0) is 5.41 Å². The Morgan fingerprint density at radius 1 is 0.760 bits per heavy atom. The van der Waals surface area contributed by atoms with Crippen LogP contribution in [0.2, 0.25) is 0 Å². The fourth-order valence-corrected chi connectivity index (χ4v) is 4.70. The van der Waals surface area contributed by atoms with Crippen molar-refractivity contribution in [2.75, 3.05) is 0 Å². The molecule has 0 aliphatic heterocycles. The van der Waals surface area contributed by atoms with Gasteiger partial charge in [0.2, 0.25) is 6.20 Å². The van der Waals surface area contributed by atoms with Crippen LogP contribution in [0.4, 0.5) is 0 Å². The van der Waals surface area contributed by atoms with Crippen LogP contribution in [0.25, 0.3) is 0 Å². The molecule has 0 saturated heterocycles. The SMILES string of the molecule is O=[N+]([O-])C=CC12c3ccccc3C(c3ccccc31)c1ccccc12. The molecule has 0 heterocycles. The van der Waals surface area contributed by atoms with Crippen molar-refractivity contribution in [1.29, 1.82) is 0 Å². The monoisotopic (exact) mass is 325 g/mol. The predicted octanol–water partition coefficient (Wildman–Crippen LogP) is 4.62. The summed E-state index contributed by atoms with van der Waals surface area (Å²) in [6.07, 6.45) is 2.86. The lowest BCUT2D eigenvalue weighted by molar-refractivity contribution is -0.402. The molecule has 0 fully saturated rings. The Balaban J connectivity index is 1.97. The fraction of sp³-hybridized carbons (Fsp3) is 0.0909. The Bertz CT molecular complexity index is 935. The molecule has 3 aromatic rings. The number of hydrogen-bond donors (Lipinski definition) is 0. The average Bonchev–Trinajstić information content (AvgIpc) is 2.66. The maximum atomic E-state index is 11.2. The largest absolute Gasteiger partial charge is 0.259 e. The van der Waals surface area contributed by atoms with E-state index in [2.05, 4.69) is 54.6 Å². The molecule has 0 radical (unpaired) electrons. The Kier molecular flexibility index (Phi) is 2.78. The Morgan fingerprint density at radius 3 is 1.56 bits per heavy atom. The van der Waals surface area contributed by atoms with E-state index in [-0.39, 0.29) is 10.8 Å². The zero-order valence-corrected chi connectivity index (χ0v) is 13.4. The average molecular weight is 325 g/mol. The Hall–Kier alpha value is -3.20. The van der Waals surface area contributed by atoms with Crippen molar-refractivity contribution in [2.24, 2.45) is 0 Å². The minimum Gasteiger partial charge on any atom is -0.259 e. The molecular formula is C22H15NO2. The third-order valence-corrected chi connectivity index (χ3v) is 5.54. The van der Waals surface area contributed by atoms with Crippen molar-refractivity contribution < 1.29 is 4.92 Å². The summed E-state index contributed by atoms with van der Waals surface area (Å²) in [6, 6.07) is 25.0. The second-order valence-corrected chi connectivity index (χ2v) is 6.60. The first-order chi connectivity index (χ1) is 12.2. The van der Waals surface area contributed by atoms with Gasteiger partial charge in [-0.1, -0.05) is 72.8 Å². The zero-order valence-electron chi connectivity index (χ0n) is 13.4. The van der Waals surface area contributed by atoms with E-state index in [0.29, 0.717) is 0 Å². The first-order valence-electron chi connectivity index (χ1n) is 8.34. The van der Waals surface area contributed by atoms with E-state index < -0.39 is 5.41 Å². The first kappa shape index (κ1) is 14.2. The van der Waals surface area contributed by atoms with Gasteiger partial charge in [-0.2, -0.15) is 0 Å². The Labute approximate surface area is 145 Å². The molecule has 0 unspecified atom stereocenters. The molecule has 0 N–H and O–H groups in total. The summed E-state index contributed by atoms with van der Waals surface area (Å²) in [5.41, 5.74) is 6.57. The van der Waals surface area contributed by atoms with Crippen LogP contribution < -0.4 is 0 Å². The van der Waals surface area contributed by atoms with E-state index in [1.54, 1.807) is 6.08 Å². The molecular weight excluding hydrogens is 310 g/mol. The lowest BCUT2D eigenvalue weighted by atomic mass is 9.53. The van der Waals surface area contributed by atoms with Gasteiger partial charge in [-0.05, 0) is 33.4 Å². The quantitative estimate of drug-likeness (QED) is 0.510. The molecule has 0 atom stereocenters. The summed E-state index contributed by atoms with van der Waals surface area (Å²) in [6.45, 7) is 0. The van der Waals surface area contributed by atoms with Crippen LogP contribution in [0.1, 0.15) is 39.3 Å². The van der Waals surface area contributed by atoms with E-state index in [0.717, 1.165) is 22.9 Å². The van der Waals surface area contributed by atoms with Crippen molar-refractivity contribution >= 4 is 0 Å². The molecule has 0 saturated carbocycles. The van der Waals surface area contributed by atoms with E-state index in [1.165, 1.54) is 16.7 Å². The van der Waals surface area contributed by atoms with Crippen LogP contribution >= 0.6 is 0 Å². The van der Waals surface area contributed by atoms with E-state index in [4.69, 9.17) is 0 Å². The van der Waals surface area contributed by atoms with Crippen molar-refractivity contribution in [3.8, 4) is 0 Å². The number of nitro groups is 1. The standard InChI is InChI=1S/C22H15NO2/c24-23(25)14-13-22-18-10-4-1-7-15(18)21(16-8-2-5-11-19(16)22)17-9-3-6-12-20(17)22/h1-14,21H. The van der Waals surface area contributed by atoms with Gasteiger partial charge in [-0.15, -0.1) is 0 Å². The van der Waals surface area contributed by atoms with Crippen LogP contribution in [0.15, 0.2) is 85.1 Å². The highest BCUT2D eigenvalue weighted by atomic mass is 16.6. The minimum atomic E-state index is -0.606. The van der Waals surface area contributed by atoms with Crippen molar-refractivity contribution in [3.05, 3.63) is 129 Å². The molecule has 3 heteroatoms. The number of benzene rings is 3. The van der Waals surface area contributed by atoms with Gasteiger partial charge in [-0.25, -0.2) is 0 Å². The van der Waals surface area contributed by atoms with Crippen LogP contribution in [0, 0.1) is 10.1 Å². The van der Waals surface area contributed by atoms with Crippen LogP contribution in [0.5, 0.6) is 0 Å². The highest BCUT2D eigenvalue weighted by Crippen LogP contribution is 2.59. The normalized spacial score (nSPS) is 22.3. The Morgan fingerprint density at radius 2 is 1.16 bits per heavy atom. The summed E-state index contributed by atoms with van der Waals surface area (Å²) >= 11 is 0. The topological polar surface area (TPSA) is 43.1 Å². The summed E-state index contributed by atoms with van der Waals surface area (Å²) in [7, 11) is 0. The molecule has 120 valence electrons. The molecule has 6 rings (SSSR count). The maximum Gasteiger partial charge on any atom is 0.232 e. The lowest BCUT2D eigenvalue weighted by Crippen LogP contribution is -2.40. The smallest absolute Gasteiger partial charge is 0.232 e. The van der Waals surface area contributed by atoms with E-state index in [1.807, 2.05) is 18.2 Å². The maximum absolute atomic E-state index is 11.2. The zero-order chi connectivity index (χ0) is 17.0. The second kappa shape index (κ2) is 4.90. The third-order valence-electron chi connectivity index (χ3n) is 5.54. The van der Waals surface area contributed by atoms with E-state index >= 15 is 0 Å². The highest BCUT2D eigenvalue weighted by molar-refractivity contribution is 5.73. The number of hydrogen-bond acceptors (Lipinski definition) is 2. The first-order valence-corrected chi connectivity index (χ1v) is 8.34. The molecule has 2 bridgehead atoms. The minimum absolute atomic E-state index is 0.189. The molecule has 0 spiro atoms. The fourth-order valence-electron chi connectivity index (χ4n) is 4.70. The third kappa shape index (κ3) is 1.70. The van der Waals surface area contributed by atoms with Gasteiger partial charge in [0.1, 0.15) is 0 Å². The van der Waals surface area contributed by atoms with Gasteiger partial charge < -0.3 is 0 Å². The predicted molar refractivity (Wildman–Crippen MR) is 96.3 cm³/mol. The summed E-state index contributed by atoms with van der Waals surface area (Å²) in [4.78, 5) is 10.8. The molecule has 0 amide bonds. The number of rotatable bonds is 2. The van der Waals surface area contributed by atoms with Crippen LogP contribution in [0.3, 0.4) is 0 Å². The van der Waals surface area contributed by atoms with Crippen molar-refractivity contribution in [2.45, 2.75) is 11.3 Å². The van der Waals surface area contributed by atoms with Gasteiger partial charge >= 0.3 is 0 Å². The van der Waals surface area contributed by atoms with Gasteiger partial charge in [0, 0.05) is 12.0 Å².